The summed E-state index contributed by atoms with van der Waals surface area (Å²) >= 11 is 0. The summed E-state index contributed by atoms with van der Waals surface area (Å²) in [4.78, 5) is 15.1. The number of anilines is 2. The van der Waals surface area contributed by atoms with Crippen LogP contribution < -0.4 is 10.2 Å². The Balaban J connectivity index is 1.56. The molecule has 0 bridgehead atoms. The van der Waals surface area contributed by atoms with Gasteiger partial charge < -0.3 is 15.3 Å². The summed E-state index contributed by atoms with van der Waals surface area (Å²) in [7, 11) is 0. The minimum absolute atomic E-state index is 0.243. The number of piperidine rings is 1. The van der Waals surface area contributed by atoms with Crippen molar-refractivity contribution < 1.29 is 9.90 Å². The van der Waals surface area contributed by atoms with E-state index in [1.165, 1.54) is 0 Å². The maximum absolute atomic E-state index is 12.9. The maximum atomic E-state index is 12.9. The van der Waals surface area contributed by atoms with Gasteiger partial charge in [-0.1, -0.05) is 35.0 Å². The normalized spacial score (nSPS) is 14.8. The topological polar surface area (TPSA) is 83.3 Å². The molecule has 4 rings (SSSR count). The van der Waals surface area contributed by atoms with Gasteiger partial charge in [0.15, 0.2) is 5.69 Å². The van der Waals surface area contributed by atoms with Gasteiger partial charge >= 0.3 is 0 Å². The predicted octanol–water partition coefficient (Wildman–Crippen LogP) is 3.10. The van der Waals surface area contributed by atoms with Crippen molar-refractivity contribution in [2.45, 2.75) is 32.8 Å². The molecule has 1 saturated heterocycles. The third-order valence-electron chi connectivity index (χ3n) is 5.35. The number of carbonyl (C=O) groups excluding carboxylic acids is 1. The van der Waals surface area contributed by atoms with E-state index in [0.29, 0.717) is 11.4 Å². The van der Waals surface area contributed by atoms with Crippen LogP contribution in [0.5, 0.6) is 0 Å². The Bertz CT molecular complexity index is 1000. The van der Waals surface area contributed by atoms with E-state index in [2.05, 4.69) is 20.5 Å². The lowest BCUT2D eigenvalue weighted by Crippen LogP contribution is -2.36. The Morgan fingerprint density at radius 2 is 1.76 bits per heavy atom. The highest BCUT2D eigenvalue weighted by Gasteiger charge is 2.22. The van der Waals surface area contributed by atoms with Gasteiger partial charge in [-0.05, 0) is 51.0 Å². The van der Waals surface area contributed by atoms with Crippen molar-refractivity contribution in [3.63, 3.8) is 0 Å². The van der Waals surface area contributed by atoms with Crippen LogP contribution in [0, 0.1) is 13.8 Å². The number of aliphatic hydroxyl groups is 1. The van der Waals surface area contributed by atoms with Crippen LogP contribution >= 0.6 is 0 Å². The van der Waals surface area contributed by atoms with E-state index in [0.717, 1.165) is 48.6 Å². The number of hydrogen-bond acceptors (Lipinski definition) is 5. The van der Waals surface area contributed by atoms with Gasteiger partial charge in [-0.15, -0.1) is 5.10 Å². The van der Waals surface area contributed by atoms with Crippen molar-refractivity contribution in [2.75, 3.05) is 23.3 Å². The minimum atomic E-state index is -0.287. The van der Waals surface area contributed by atoms with Crippen LogP contribution in [0.25, 0.3) is 5.69 Å². The van der Waals surface area contributed by atoms with Crippen molar-refractivity contribution in [1.29, 1.82) is 0 Å². The zero-order chi connectivity index (χ0) is 20.4. The van der Waals surface area contributed by atoms with Gasteiger partial charge in [0, 0.05) is 13.1 Å². The predicted molar refractivity (Wildman–Crippen MR) is 113 cm³/mol. The Hall–Kier alpha value is -3.19. The zero-order valence-electron chi connectivity index (χ0n) is 16.7. The maximum Gasteiger partial charge on any atom is 0.278 e. The van der Waals surface area contributed by atoms with E-state index in [1.54, 1.807) is 4.68 Å². The van der Waals surface area contributed by atoms with Gasteiger partial charge in [0.1, 0.15) is 0 Å². The highest BCUT2D eigenvalue weighted by atomic mass is 16.3. The molecular formula is C22H25N5O2. The highest BCUT2D eigenvalue weighted by molar-refractivity contribution is 6.05. The molecule has 1 fully saturated rings. The molecule has 150 valence electrons. The molecule has 0 spiro atoms. The molecule has 3 aromatic rings. The van der Waals surface area contributed by atoms with Crippen molar-refractivity contribution in [3.05, 3.63) is 65.5 Å². The fraction of sp³-hybridized carbons (Fsp3) is 0.318. The van der Waals surface area contributed by atoms with Crippen LogP contribution in [-0.2, 0) is 0 Å². The van der Waals surface area contributed by atoms with Crippen LogP contribution in [-0.4, -0.2) is 45.2 Å². The first-order chi connectivity index (χ1) is 14.0. The van der Waals surface area contributed by atoms with E-state index >= 15 is 0 Å². The average Bonchev–Trinajstić information content (AvgIpc) is 3.11. The molecular weight excluding hydrogens is 366 g/mol. The number of hydrogen-bond donors (Lipinski definition) is 2. The average molecular weight is 391 g/mol. The van der Waals surface area contributed by atoms with E-state index in [-0.39, 0.29) is 12.0 Å². The van der Waals surface area contributed by atoms with Crippen molar-refractivity contribution in [1.82, 2.24) is 15.0 Å². The number of nitrogens with one attached hydrogen (secondary N) is 1. The second-order valence-corrected chi connectivity index (χ2v) is 7.46. The van der Waals surface area contributed by atoms with E-state index in [9.17, 15) is 9.90 Å². The summed E-state index contributed by atoms with van der Waals surface area (Å²) in [6.45, 7) is 5.39. The number of benzene rings is 2. The smallest absolute Gasteiger partial charge is 0.278 e. The molecule has 1 aromatic heterocycles. The first kappa shape index (κ1) is 19.1. The molecule has 29 heavy (non-hydrogen) atoms. The lowest BCUT2D eigenvalue weighted by atomic mass is 10.1. The molecule has 2 heterocycles. The molecule has 0 aliphatic carbocycles. The lowest BCUT2D eigenvalue weighted by molar-refractivity contribution is 0.102. The Labute approximate surface area is 170 Å². The SMILES string of the molecule is Cc1ccc(-n2nnc(C(=O)Nc3ccccc3N3CCC(O)CC3)c2C)cc1. The molecule has 0 unspecified atom stereocenters. The number of rotatable bonds is 4. The molecule has 2 aromatic carbocycles. The Morgan fingerprint density at radius 3 is 2.48 bits per heavy atom. The van der Waals surface area contributed by atoms with E-state index in [1.807, 2.05) is 62.4 Å². The van der Waals surface area contributed by atoms with Crippen LogP contribution in [0.1, 0.15) is 34.6 Å². The highest BCUT2D eigenvalue weighted by Crippen LogP contribution is 2.29. The quantitative estimate of drug-likeness (QED) is 0.714. The van der Waals surface area contributed by atoms with Crippen molar-refractivity contribution in [3.8, 4) is 5.69 Å². The van der Waals surface area contributed by atoms with Crippen LogP contribution in [0.2, 0.25) is 0 Å². The first-order valence-corrected chi connectivity index (χ1v) is 9.85. The number of aryl methyl sites for hydroxylation is 1. The number of para-hydroxylation sites is 2. The minimum Gasteiger partial charge on any atom is -0.393 e. The molecule has 1 aliphatic rings. The van der Waals surface area contributed by atoms with Crippen LogP contribution in [0.15, 0.2) is 48.5 Å². The number of carbonyl (C=O) groups is 1. The van der Waals surface area contributed by atoms with Gasteiger partial charge in [-0.3, -0.25) is 4.79 Å². The van der Waals surface area contributed by atoms with Gasteiger partial charge in [-0.25, -0.2) is 4.68 Å². The van der Waals surface area contributed by atoms with E-state index < -0.39 is 0 Å². The molecule has 2 N–H and O–H groups in total. The molecule has 7 nitrogen and oxygen atoms in total. The third kappa shape index (κ3) is 4.00. The summed E-state index contributed by atoms with van der Waals surface area (Å²) < 4.78 is 1.67. The fourth-order valence-corrected chi connectivity index (χ4v) is 3.61. The molecule has 1 aliphatic heterocycles. The summed E-state index contributed by atoms with van der Waals surface area (Å²) in [5.41, 5.74) is 4.70. The first-order valence-electron chi connectivity index (χ1n) is 9.85. The summed E-state index contributed by atoms with van der Waals surface area (Å²) in [6.07, 6.45) is 1.21. The van der Waals surface area contributed by atoms with Crippen molar-refractivity contribution >= 4 is 17.3 Å². The third-order valence-corrected chi connectivity index (χ3v) is 5.35. The molecule has 0 saturated carbocycles. The van der Waals surface area contributed by atoms with E-state index in [4.69, 9.17) is 0 Å². The molecule has 7 heteroatoms. The van der Waals surface area contributed by atoms with Crippen LogP contribution in [0.3, 0.4) is 0 Å². The number of amides is 1. The Kier molecular flexibility index (Phi) is 5.31. The molecule has 0 atom stereocenters. The number of nitrogens with zero attached hydrogens (tertiary/aromatic N) is 4. The summed E-state index contributed by atoms with van der Waals surface area (Å²) in [5.74, 6) is -0.287. The monoisotopic (exact) mass is 391 g/mol. The summed E-state index contributed by atoms with van der Waals surface area (Å²) in [5, 5.41) is 21.0. The zero-order valence-corrected chi connectivity index (χ0v) is 16.7. The number of aliphatic hydroxyl groups excluding tert-OH is 1. The fourth-order valence-electron chi connectivity index (χ4n) is 3.61. The van der Waals surface area contributed by atoms with Crippen LogP contribution in [0.4, 0.5) is 11.4 Å². The summed E-state index contributed by atoms with van der Waals surface area (Å²) in [6, 6.07) is 15.6. The molecule has 1 amide bonds. The number of aromatic nitrogens is 3. The van der Waals surface area contributed by atoms with Gasteiger partial charge in [0.2, 0.25) is 0 Å². The second kappa shape index (κ2) is 8.05. The molecule has 0 radical (unpaired) electrons. The Morgan fingerprint density at radius 1 is 1.07 bits per heavy atom. The van der Waals surface area contributed by atoms with Crippen molar-refractivity contribution in [2.24, 2.45) is 0 Å². The second-order valence-electron chi connectivity index (χ2n) is 7.46. The largest absolute Gasteiger partial charge is 0.393 e. The van der Waals surface area contributed by atoms with Gasteiger partial charge in [0.25, 0.3) is 5.91 Å². The standard InChI is InChI=1S/C22H25N5O2/c1-15-7-9-17(10-8-15)27-16(2)21(24-25-27)22(29)23-19-5-3-4-6-20(19)26-13-11-18(28)12-14-26/h3-10,18,28H,11-14H2,1-2H3,(H,23,29). The lowest BCUT2D eigenvalue weighted by Gasteiger charge is -2.32. The van der Waals surface area contributed by atoms with Gasteiger partial charge in [-0.2, -0.15) is 0 Å². The van der Waals surface area contributed by atoms with Gasteiger partial charge in [0.05, 0.1) is 28.9 Å².